The molecule has 5 nitrogen and oxygen atoms in total. The van der Waals surface area contributed by atoms with E-state index in [0.29, 0.717) is 24.7 Å². The molecule has 0 radical (unpaired) electrons. The van der Waals surface area contributed by atoms with Gasteiger partial charge in [0.15, 0.2) is 0 Å². The van der Waals surface area contributed by atoms with Crippen molar-refractivity contribution < 1.29 is 4.74 Å². The van der Waals surface area contributed by atoms with E-state index in [-0.39, 0.29) is 0 Å². The van der Waals surface area contributed by atoms with Gasteiger partial charge in [0.05, 0.1) is 18.2 Å². The molecule has 0 aliphatic carbocycles. The molecule has 0 bridgehead atoms. The number of hydrogen-bond acceptors (Lipinski definition) is 5. The Labute approximate surface area is 131 Å². The molecule has 1 fully saturated rings. The molecule has 22 heavy (non-hydrogen) atoms. The Morgan fingerprint density at radius 1 is 1.32 bits per heavy atom. The number of nitrogen functional groups attached to an aromatic ring is 1. The summed E-state index contributed by atoms with van der Waals surface area (Å²) >= 11 is 0. The molecule has 0 spiro atoms. The monoisotopic (exact) mass is 300 g/mol. The molecule has 1 aliphatic heterocycles. The number of rotatable bonds is 4. The Hall–Kier alpha value is -1.72. The van der Waals surface area contributed by atoms with Crippen LogP contribution in [0.1, 0.15) is 32.3 Å². The van der Waals surface area contributed by atoms with Crippen LogP contribution in [0.3, 0.4) is 0 Å². The molecule has 3 rings (SSSR count). The molecule has 0 unspecified atom stereocenters. The quantitative estimate of drug-likeness (QED) is 0.940. The first-order chi connectivity index (χ1) is 10.6. The lowest BCUT2D eigenvalue weighted by Crippen LogP contribution is -2.40. The number of nitrogens with two attached hydrogens (primary N) is 1. The van der Waals surface area contributed by atoms with Gasteiger partial charge in [0, 0.05) is 30.7 Å². The topological polar surface area (TPSA) is 64.3 Å². The van der Waals surface area contributed by atoms with Crippen molar-refractivity contribution in [3.8, 4) is 0 Å². The highest BCUT2D eigenvalue weighted by molar-refractivity contribution is 5.79. The molecule has 0 saturated carbocycles. The van der Waals surface area contributed by atoms with Crippen LogP contribution in [-0.4, -0.2) is 40.1 Å². The van der Waals surface area contributed by atoms with Gasteiger partial charge in [-0.1, -0.05) is 12.1 Å². The molecule has 0 amide bonds. The average molecular weight is 300 g/mol. The fourth-order valence-corrected chi connectivity index (χ4v) is 2.95. The maximum atomic E-state index is 6.07. The molecule has 0 atom stereocenters. The first kappa shape index (κ1) is 15.2. The van der Waals surface area contributed by atoms with Crippen molar-refractivity contribution in [1.29, 1.82) is 0 Å². The number of fused-ring (bicyclic) bond motifs is 1. The van der Waals surface area contributed by atoms with E-state index in [2.05, 4.69) is 34.8 Å². The average Bonchev–Trinajstić information content (AvgIpc) is 2.53. The summed E-state index contributed by atoms with van der Waals surface area (Å²) in [7, 11) is 0. The minimum absolute atomic E-state index is 0.312. The van der Waals surface area contributed by atoms with Crippen LogP contribution in [0.4, 0.5) is 5.95 Å². The second-order valence-corrected chi connectivity index (χ2v) is 6.26. The van der Waals surface area contributed by atoms with Crippen LogP contribution in [0.2, 0.25) is 0 Å². The van der Waals surface area contributed by atoms with Crippen molar-refractivity contribution in [3.63, 3.8) is 0 Å². The third-order valence-electron chi connectivity index (χ3n) is 4.36. The minimum Gasteiger partial charge on any atom is -0.373 e. The van der Waals surface area contributed by atoms with Gasteiger partial charge in [0.25, 0.3) is 0 Å². The zero-order valence-corrected chi connectivity index (χ0v) is 13.3. The first-order valence-corrected chi connectivity index (χ1v) is 7.98. The lowest BCUT2D eigenvalue weighted by molar-refractivity contribution is -0.00799. The summed E-state index contributed by atoms with van der Waals surface area (Å²) < 4.78 is 6.07. The third-order valence-corrected chi connectivity index (χ3v) is 4.36. The maximum Gasteiger partial charge on any atom is 0.220 e. The fourth-order valence-electron chi connectivity index (χ4n) is 2.95. The number of ether oxygens (including phenoxy) is 1. The van der Waals surface area contributed by atoms with Crippen molar-refractivity contribution in [2.45, 2.75) is 45.4 Å². The highest BCUT2D eigenvalue weighted by Gasteiger charge is 2.21. The third kappa shape index (κ3) is 3.54. The van der Waals surface area contributed by atoms with Crippen LogP contribution >= 0.6 is 0 Å². The molecule has 2 N–H and O–H groups in total. The largest absolute Gasteiger partial charge is 0.373 e. The molecule has 2 aromatic rings. The van der Waals surface area contributed by atoms with E-state index in [9.17, 15) is 0 Å². The Morgan fingerprint density at radius 2 is 2.09 bits per heavy atom. The van der Waals surface area contributed by atoms with E-state index in [1.54, 1.807) is 6.20 Å². The van der Waals surface area contributed by atoms with Gasteiger partial charge in [-0.3, -0.25) is 0 Å². The SMILES string of the molecule is CC(C)N1CCC(OCc2ccc3cnc(N)nc3c2)CC1. The highest BCUT2D eigenvalue weighted by atomic mass is 16.5. The summed E-state index contributed by atoms with van der Waals surface area (Å²) in [4.78, 5) is 10.8. The summed E-state index contributed by atoms with van der Waals surface area (Å²) in [6, 6.07) is 6.77. The summed E-state index contributed by atoms with van der Waals surface area (Å²) in [5.41, 5.74) is 7.66. The number of hydrogen-bond donors (Lipinski definition) is 1. The summed E-state index contributed by atoms with van der Waals surface area (Å²) in [5, 5.41) is 1.00. The van der Waals surface area contributed by atoms with Crippen LogP contribution in [0, 0.1) is 0 Å². The normalized spacial score (nSPS) is 17.4. The van der Waals surface area contributed by atoms with Crippen molar-refractivity contribution in [2.24, 2.45) is 0 Å². The number of aromatic nitrogens is 2. The van der Waals surface area contributed by atoms with Gasteiger partial charge in [-0.2, -0.15) is 0 Å². The fraction of sp³-hybridized carbons (Fsp3) is 0.529. The first-order valence-electron chi connectivity index (χ1n) is 7.98. The lowest BCUT2D eigenvalue weighted by atomic mass is 10.1. The van der Waals surface area contributed by atoms with Crippen LogP contribution in [0.25, 0.3) is 10.9 Å². The molecule has 1 aliphatic rings. The molecule has 2 heterocycles. The number of benzene rings is 1. The Morgan fingerprint density at radius 3 is 2.82 bits per heavy atom. The van der Waals surface area contributed by atoms with Crippen LogP contribution in [0.5, 0.6) is 0 Å². The van der Waals surface area contributed by atoms with Gasteiger partial charge in [0.1, 0.15) is 0 Å². The molecule has 5 heteroatoms. The van der Waals surface area contributed by atoms with E-state index in [4.69, 9.17) is 10.5 Å². The zero-order chi connectivity index (χ0) is 15.5. The molecule has 1 saturated heterocycles. The van der Waals surface area contributed by atoms with E-state index in [0.717, 1.165) is 42.4 Å². The predicted molar refractivity (Wildman–Crippen MR) is 88.5 cm³/mol. The number of likely N-dealkylation sites (tertiary alicyclic amines) is 1. The van der Waals surface area contributed by atoms with Crippen molar-refractivity contribution in [1.82, 2.24) is 14.9 Å². The summed E-state index contributed by atoms with van der Waals surface area (Å²) in [6.45, 7) is 7.40. The maximum absolute atomic E-state index is 6.07. The standard InChI is InChI=1S/C17H24N4O/c1-12(2)21-7-5-15(6-8-21)22-11-13-3-4-14-10-19-17(18)20-16(14)9-13/h3-4,9-10,12,15H,5-8,11H2,1-2H3,(H2,18,19,20). The smallest absolute Gasteiger partial charge is 0.220 e. The Bertz CT molecular complexity index is 636. The number of anilines is 1. The van der Waals surface area contributed by atoms with E-state index >= 15 is 0 Å². The van der Waals surface area contributed by atoms with Gasteiger partial charge < -0.3 is 15.4 Å². The van der Waals surface area contributed by atoms with E-state index in [1.807, 2.05) is 12.1 Å². The van der Waals surface area contributed by atoms with Crippen molar-refractivity contribution in [3.05, 3.63) is 30.0 Å². The van der Waals surface area contributed by atoms with Gasteiger partial charge in [-0.05, 0) is 38.3 Å². The van der Waals surface area contributed by atoms with Gasteiger partial charge in [-0.15, -0.1) is 0 Å². The second kappa shape index (κ2) is 6.58. The van der Waals surface area contributed by atoms with E-state index < -0.39 is 0 Å². The predicted octanol–water partition coefficient (Wildman–Crippen LogP) is 2.60. The number of nitrogens with zero attached hydrogens (tertiary/aromatic N) is 3. The molecular formula is C17H24N4O. The van der Waals surface area contributed by atoms with Crippen LogP contribution in [-0.2, 0) is 11.3 Å². The summed E-state index contributed by atoms with van der Waals surface area (Å²) in [5.74, 6) is 0.312. The molecule has 118 valence electrons. The summed E-state index contributed by atoms with van der Waals surface area (Å²) in [6.07, 6.45) is 4.34. The van der Waals surface area contributed by atoms with Crippen molar-refractivity contribution >= 4 is 16.9 Å². The zero-order valence-electron chi connectivity index (χ0n) is 13.3. The van der Waals surface area contributed by atoms with Gasteiger partial charge in [0.2, 0.25) is 5.95 Å². The molecular weight excluding hydrogens is 276 g/mol. The Balaban J connectivity index is 1.58. The van der Waals surface area contributed by atoms with Gasteiger partial charge in [-0.25, -0.2) is 9.97 Å². The highest BCUT2D eigenvalue weighted by Crippen LogP contribution is 2.19. The number of piperidine rings is 1. The minimum atomic E-state index is 0.312. The molecule has 1 aromatic carbocycles. The van der Waals surface area contributed by atoms with Crippen molar-refractivity contribution in [2.75, 3.05) is 18.8 Å². The lowest BCUT2D eigenvalue weighted by Gasteiger charge is -2.34. The van der Waals surface area contributed by atoms with Crippen LogP contribution < -0.4 is 5.73 Å². The molecule has 1 aromatic heterocycles. The second-order valence-electron chi connectivity index (χ2n) is 6.26. The Kier molecular flexibility index (Phi) is 4.55. The van der Waals surface area contributed by atoms with Crippen LogP contribution in [0.15, 0.2) is 24.4 Å². The van der Waals surface area contributed by atoms with E-state index in [1.165, 1.54) is 0 Å². The van der Waals surface area contributed by atoms with Gasteiger partial charge >= 0.3 is 0 Å².